The van der Waals surface area contributed by atoms with Gasteiger partial charge >= 0.3 is 11.6 Å². The van der Waals surface area contributed by atoms with Crippen LogP contribution < -0.4 is 16.3 Å². The number of fused-ring (bicyclic) bond motifs is 2. The molecule has 0 spiro atoms. The van der Waals surface area contributed by atoms with Crippen molar-refractivity contribution in [2.75, 3.05) is 6.54 Å². The van der Waals surface area contributed by atoms with Crippen LogP contribution in [0.3, 0.4) is 0 Å². The number of carbonyl (C=O) groups excluding carboxylic acids is 2. The van der Waals surface area contributed by atoms with E-state index in [0.29, 0.717) is 27.7 Å². The zero-order valence-electron chi connectivity index (χ0n) is 21.1. The van der Waals surface area contributed by atoms with Gasteiger partial charge in [0.25, 0.3) is 0 Å². The van der Waals surface area contributed by atoms with Crippen molar-refractivity contribution in [1.29, 1.82) is 0 Å². The highest BCUT2D eigenvalue weighted by Gasteiger charge is 2.25. The van der Waals surface area contributed by atoms with Gasteiger partial charge in [-0.1, -0.05) is 34.6 Å². The fourth-order valence-electron chi connectivity index (χ4n) is 4.12. The first kappa shape index (κ1) is 26.0. The third-order valence-electron chi connectivity index (χ3n) is 6.18. The van der Waals surface area contributed by atoms with Crippen LogP contribution >= 0.6 is 0 Å². The predicted octanol–water partition coefficient (Wildman–Crippen LogP) is 3.34. The molecule has 2 amide bonds. The van der Waals surface area contributed by atoms with Crippen molar-refractivity contribution in [2.45, 2.75) is 66.3 Å². The number of benzene rings is 1. The van der Waals surface area contributed by atoms with Crippen molar-refractivity contribution >= 4 is 39.7 Å². The van der Waals surface area contributed by atoms with E-state index in [-0.39, 0.29) is 23.3 Å². The summed E-state index contributed by atoms with van der Waals surface area (Å²) < 4.78 is 11.4. The summed E-state index contributed by atoms with van der Waals surface area (Å²) >= 11 is 0. The molecule has 0 saturated carbocycles. The van der Waals surface area contributed by atoms with Crippen LogP contribution in [0.15, 0.2) is 26.0 Å². The average Bonchev–Trinajstić information content (AvgIpc) is 3.19. The normalized spacial score (nSPS) is 12.8. The van der Waals surface area contributed by atoms with Crippen molar-refractivity contribution in [3.63, 3.8) is 0 Å². The molecule has 0 unspecified atom stereocenters. The summed E-state index contributed by atoms with van der Waals surface area (Å²) in [4.78, 5) is 48.6. The Morgan fingerprint density at radius 1 is 1.03 bits per heavy atom. The van der Waals surface area contributed by atoms with Gasteiger partial charge in [0.2, 0.25) is 11.8 Å². The van der Waals surface area contributed by atoms with E-state index in [4.69, 9.17) is 8.83 Å². The van der Waals surface area contributed by atoms with Gasteiger partial charge in [-0.05, 0) is 36.8 Å². The molecule has 3 aromatic rings. The smallest absolute Gasteiger partial charge is 0.340 e. The number of carboxylic acid groups (broad SMARTS) is 1. The van der Waals surface area contributed by atoms with Gasteiger partial charge in [-0.25, -0.2) is 9.59 Å². The molecule has 2 heterocycles. The SMILES string of the molecule is Cc1c(CC(=O)NCC(=O)N[C@H](C(=O)O)C(C)C)c(=O)oc2c(C)c3occ(C(C)(C)C)c3cc12. The van der Waals surface area contributed by atoms with E-state index in [1.165, 1.54) is 0 Å². The van der Waals surface area contributed by atoms with Crippen molar-refractivity contribution < 1.29 is 28.3 Å². The summed E-state index contributed by atoms with van der Waals surface area (Å²) in [7, 11) is 0. The highest BCUT2D eigenvalue weighted by atomic mass is 16.4. The number of aliphatic carboxylic acids is 1. The minimum absolute atomic E-state index is 0.159. The standard InChI is InChI=1S/C26H32N2O7/c1-12(2)21(24(31)32)28-20(30)10-27-19(29)9-16-13(3)15-8-17-18(26(5,6)7)11-34-22(17)14(4)23(15)35-25(16)33/h8,11-12,21H,9-10H2,1-7H3,(H,27,29)(H,28,30)(H,31,32)/t21-/m0/s1. The largest absolute Gasteiger partial charge is 0.480 e. The second-order valence-electron chi connectivity index (χ2n) is 10.2. The van der Waals surface area contributed by atoms with E-state index in [1.54, 1.807) is 27.0 Å². The number of carboxylic acids is 1. The lowest BCUT2D eigenvalue weighted by Crippen LogP contribution is -2.48. The molecule has 35 heavy (non-hydrogen) atoms. The Morgan fingerprint density at radius 2 is 1.69 bits per heavy atom. The number of rotatable bonds is 7. The zero-order valence-corrected chi connectivity index (χ0v) is 21.1. The molecule has 0 radical (unpaired) electrons. The van der Waals surface area contributed by atoms with Gasteiger partial charge in [-0.2, -0.15) is 0 Å². The van der Waals surface area contributed by atoms with Gasteiger partial charge < -0.3 is 24.6 Å². The number of hydrogen-bond acceptors (Lipinski definition) is 6. The summed E-state index contributed by atoms with van der Waals surface area (Å²) in [5.41, 5.74) is 2.81. The maximum absolute atomic E-state index is 12.8. The first-order chi connectivity index (χ1) is 16.2. The molecule has 1 atom stereocenters. The van der Waals surface area contributed by atoms with Crippen LogP contribution in [0, 0.1) is 19.8 Å². The van der Waals surface area contributed by atoms with Gasteiger partial charge in [-0.3, -0.25) is 9.59 Å². The summed E-state index contributed by atoms with van der Waals surface area (Å²) in [6.45, 7) is 12.8. The lowest BCUT2D eigenvalue weighted by Gasteiger charge is -2.18. The first-order valence-corrected chi connectivity index (χ1v) is 11.5. The Morgan fingerprint density at radius 3 is 2.26 bits per heavy atom. The minimum atomic E-state index is -1.15. The van der Waals surface area contributed by atoms with Gasteiger partial charge in [0, 0.05) is 21.9 Å². The fraction of sp³-hybridized carbons (Fsp3) is 0.462. The summed E-state index contributed by atoms with van der Waals surface area (Å²) in [6.07, 6.45) is 1.44. The van der Waals surface area contributed by atoms with Crippen LogP contribution in [0.5, 0.6) is 0 Å². The van der Waals surface area contributed by atoms with E-state index >= 15 is 0 Å². The second-order valence-corrected chi connectivity index (χ2v) is 10.2. The van der Waals surface area contributed by atoms with Crippen LogP contribution in [-0.4, -0.2) is 35.5 Å². The van der Waals surface area contributed by atoms with Crippen molar-refractivity contribution in [3.8, 4) is 0 Å². The van der Waals surface area contributed by atoms with E-state index < -0.39 is 36.0 Å². The summed E-state index contributed by atoms with van der Waals surface area (Å²) in [5, 5.41) is 15.6. The molecule has 1 aromatic carbocycles. The minimum Gasteiger partial charge on any atom is -0.480 e. The van der Waals surface area contributed by atoms with Crippen molar-refractivity contribution in [3.05, 3.63) is 45.0 Å². The number of furan rings is 1. The Labute approximate surface area is 202 Å². The van der Waals surface area contributed by atoms with Crippen LogP contribution in [0.2, 0.25) is 0 Å². The molecule has 9 nitrogen and oxygen atoms in total. The monoisotopic (exact) mass is 484 g/mol. The molecule has 3 N–H and O–H groups in total. The lowest BCUT2D eigenvalue weighted by atomic mass is 9.86. The average molecular weight is 485 g/mol. The van der Waals surface area contributed by atoms with Crippen LogP contribution in [0.1, 0.15) is 56.9 Å². The van der Waals surface area contributed by atoms with Gasteiger partial charge in [0.05, 0.1) is 24.8 Å². The number of hydrogen-bond donors (Lipinski definition) is 3. The molecule has 3 rings (SSSR count). The molecule has 0 saturated heterocycles. The summed E-state index contributed by atoms with van der Waals surface area (Å²) in [5.74, 6) is -2.65. The van der Waals surface area contributed by atoms with Crippen LogP contribution in [0.25, 0.3) is 21.9 Å². The zero-order chi connectivity index (χ0) is 26.2. The molecule has 9 heteroatoms. The van der Waals surface area contributed by atoms with Gasteiger partial charge in [0.1, 0.15) is 17.2 Å². The molecule has 2 aromatic heterocycles. The second kappa shape index (κ2) is 9.56. The number of carbonyl (C=O) groups is 3. The Bertz CT molecular complexity index is 1370. The van der Waals surface area contributed by atoms with E-state index in [1.807, 2.05) is 13.0 Å². The Hall–Kier alpha value is -3.62. The van der Waals surface area contributed by atoms with Crippen LogP contribution in [0.4, 0.5) is 0 Å². The van der Waals surface area contributed by atoms with E-state index in [0.717, 1.165) is 10.9 Å². The number of aryl methyl sites for hydroxylation is 2. The first-order valence-electron chi connectivity index (χ1n) is 11.5. The third kappa shape index (κ3) is 5.23. The van der Waals surface area contributed by atoms with Gasteiger partial charge in [-0.15, -0.1) is 0 Å². The summed E-state index contributed by atoms with van der Waals surface area (Å²) in [6, 6.07) is 0.863. The van der Waals surface area contributed by atoms with E-state index in [2.05, 4.69) is 31.4 Å². The van der Waals surface area contributed by atoms with E-state index in [9.17, 15) is 24.3 Å². The molecule has 0 aliphatic rings. The van der Waals surface area contributed by atoms with Crippen molar-refractivity contribution in [2.24, 2.45) is 5.92 Å². The van der Waals surface area contributed by atoms with Gasteiger partial charge in [0.15, 0.2) is 0 Å². The maximum Gasteiger partial charge on any atom is 0.340 e. The molecule has 0 aliphatic heterocycles. The molecule has 188 valence electrons. The molecular formula is C26H32N2O7. The quantitative estimate of drug-likeness (QED) is 0.437. The Balaban J connectivity index is 1.87. The molecular weight excluding hydrogens is 452 g/mol. The number of nitrogens with one attached hydrogen (secondary N) is 2. The predicted molar refractivity (Wildman–Crippen MR) is 132 cm³/mol. The third-order valence-corrected chi connectivity index (χ3v) is 6.18. The molecule has 0 bridgehead atoms. The molecule has 0 aliphatic carbocycles. The van der Waals surface area contributed by atoms with Crippen LogP contribution in [-0.2, 0) is 26.2 Å². The lowest BCUT2D eigenvalue weighted by molar-refractivity contribution is -0.143. The Kier molecular flexibility index (Phi) is 7.10. The number of amides is 2. The van der Waals surface area contributed by atoms with Crippen molar-refractivity contribution in [1.82, 2.24) is 10.6 Å². The topological polar surface area (TPSA) is 139 Å². The molecule has 0 fully saturated rings. The highest BCUT2D eigenvalue weighted by molar-refractivity contribution is 6.00. The fourth-order valence-corrected chi connectivity index (χ4v) is 4.12. The highest BCUT2D eigenvalue weighted by Crippen LogP contribution is 2.37. The maximum atomic E-state index is 12.8.